The van der Waals surface area contributed by atoms with Gasteiger partial charge in [0.05, 0.1) is 17.7 Å². The summed E-state index contributed by atoms with van der Waals surface area (Å²) in [6.07, 6.45) is 5.24. The summed E-state index contributed by atoms with van der Waals surface area (Å²) in [5.41, 5.74) is 1.94. The number of sulfonamides is 1. The van der Waals surface area contributed by atoms with E-state index in [4.69, 9.17) is 16.3 Å². The van der Waals surface area contributed by atoms with Crippen LogP contribution in [0.15, 0.2) is 112 Å². The molecule has 0 unspecified atom stereocenters. The molecule has 252 valence electrons. The van der Waals surface area contributed by atoms with Gasteiger partial charge in [0.15, 0.2) is 0 Å². The number of nitrogens with one attached hydrogen (secondary N) is 1. The first-order valence-corrected chi connectivity index (χ1v) is 18.6. The number of anilines is 1. The Labute approximate surface area is 296 Å². The molecule has 1 fully saturated rings. The maximum atomic E-state index is 14.7. The first-order chi connectivity index (χ1) is 23.1. The minimum Gasteiger partial charge on any atom is -0.497 e. The molecule has 2 amide bonds. The highest BCUT2D eigenvalue weighted by atomic mass is 79.9. The molecule has 11 heteroatoms. The average Bonchev–Trinajstić information content (AvgIpc) is 3.10. The summed E-state index contributed by atoms with van der Waals surface area (Å²) in [6.45, 7) is -0.451. The third kappa shape index (κ3) is 9.18. The first-order valence-electron chi connectivity index (χ1n) is 15.9. The SMILES string of the molecule is COc1ccc(S(=O)(=O)N(CC(=O)N(Cc2ccc(Br)cc2)[C@H](Cc2ccccc2)C(=O)NC2CCCCC2)c2ccc(Cl)cc2)cc1. The van der Waals surface area contributed by atoms with E-state index in [0.29, 0.717) is 10.8 Å². The Hall–Kier alpha value is -3.86. The van der Waals surface area contributed by atoms with Crippen LogP contribution in [0.4, 0.5) is 5.69 Å². The van der Waals surface area contributed by atoms with Gasteiger partial charge < -0.3 is 15.0 Å². The number of methoxy groups -OCH3 is 1. The molecule has 1 saturated carbocycles. The van der Waals surface area contributed by atoms with Crippen molar-refractivity contribution in [2.75, 3.05) is 18.0 Å². The molecule has 1 N–H and O–H groups in total. The Balaban J connectivity index is 1.55. The normalized spacial score (nSPS) is 14.1. The van der Waals surface area contributed by atoms with Crippen LogP contribution in [0.25, 0.3) is 0 Å². The van der Waals surface area contributed by atoms with Gasteiger partial charge in [-0.3, -0.25) is 13.9 Å². The molecule has 4 aromatic carbocycles. The smallest absolute Gasteiger partial charge is 0.264 e. The largest absolute Gasteiger partial charge is 0.497 e. The van der Waals surface area contributed by atoms with Crippen LogP contribution in [-0.4, -0.2) is 50.9 Å². The summed E-state index contributed by atoms with van der Waals surface area (Å²) in [6, 6.07) is 28.5. The summed E-state index contributed by atoms with van der Waals surface area (Å²) in [7, 11) is -2.75. The highest BCUT2D eigenvalue weighted by Crippen LogP contribution is 2.28. The maximum Gasteiger partial charge on any atom is 0.264 e. The quantitative estimate of drug-likeness (QED) is 0.154. The molecule has 4 aromatic rings. The number of amides is 2. The lowest BCUT2D eigenvalue weighted by molar-refractivity contribution is -0.140. The van der Waals surface area contributed by atoms with Gasteiger partial charge in [0.1, 0.15) is 18.3 Å². The molecule has 0 heterocycles. The van der Waals surface area contributed by atoms with E-state index in [1.165, 1.54) is 24.1 Å². The first kappa shape index (κ1) is 35.4. The number of nitrogens with zero attached hydrogens (tertiary/aromatic N) is 2. The second-order valence-electron chi connectivity index (χ2n) is 11.9. The van der Waals surface area contributed by atoms with E-state index in [1.54, 1.807) is 36.4 Å². The number of halogens is 2. The molecule has 0 aromatic heterocycles. The van der Waals surface area contributed by atoms with Gasteiger partial charge in [-0.2, -0.15) is 0 Å². The number of carbonyl (C=O) groups excluding carboxylic acids is 2. The lowest BCUT2D eigenvalue weighted by Crippen LogP contribution is -2.55. The third-order valence-corrected chi connectivity index (χ3v) is 11.1. The van der Waals surface area contributed by atoms with E-state index in [9.17, 15) is 18.0 Å². The standard InChI is InChI=1S/C37H39BrClN3O5S/c1-47-33-20-22-34(23-21-33)48(45,46)42(32-18-16-30(39)17-19-32)26-36(43)41(25-28-12-14-29(38)15-13-28)35(24-27-8-4-2-5-9-27)37(44)40-31-10-6-3-7-11-31/h2,4-5,8-9,12-23,31,35H,3,6-7,10-11,24-26H2,1H3,(H,40,44)/t35-/m1/s1. The molecule has 0 bridgehead atoms. The van der Waals surface area contributed by atoms with Crippen LogP contribution in [0, 0.1) is 0 Å². The lowest BCUT2D eigenvalue weighted by atomic mass is 9.94. The van der Waals surface area contributed by atoms with Crippen molar-refractivity contribution in [3.8, 4) is 5.75 Å². The van der Waals surface area contributed by atoms with Gasteiger partial charge in [0.25, 0.3) is 10.0 Å². The Morgan fingerprint density at radius 1 is 0.875 bits per heavy atom. The molecule has 1 aliphatic rings. The minimum absolute atomic E-state index is 0.0126. The van der Waals surface area contributed by atoms with Gasteiger partial charge in [-0.15, -0.1) is 0 Å². The topological polar surface area (TPSA) is 96.0 Å². The maximum absolute atomic E-state index is 14.7. The zero-order chi connectivity index (χ0) is 34.1. The van der Waals surface area contributed by atoms with E-state index in [0.717, 1.165) is 52.0 Å². The van der Waals surface area contributed by atoms with Gasteiger partial charge >= 0.3 is 0 Å². The molecule has 0 spiro atoms. The summed E-state index contributed by atoms with van der Waals surface area (Å²) in [5.74, 6) is -0.284. The highest BCUT2D eigenvalue weighted by molar-refractivity contribution is 9.10. The monoisotopic (exact) mass is 751 g/mol. The minimum atomic E-state index is -4.25. The lowest BCUT2D eigenvalue weighted by Gasteiger charge is -2.35. The van der Waals surface area contributed by atoms with Gasteiger partial charge in [-0.25, -0.2) is 8.42 Å². The van der Waals surface area contributed by atoms with Crippen LogP contribution in [-0.2, 0) is 32.6 Å². The van der Waals surface area contributed by atoms with Crippen LogP contribution in [0.2, 0.25) is 5.02 Å². The van der Waals surface area contributed by atoms with Crippen molar-refractivity contribution < 1.29 is 22.7 Å². The summed E-state index contributed by atoms with van der Waals surface area (Å²) in [5, 5.41) is 3.65. The average molecular weight is 753 g/mol. The molecule has 0 radical (unpaired) electrons. The van der Waals surface area contributed by atoms with Crippen molar-refractivity contribution in [1.29, 1.82) is 0 Å². The van der Waals surface area contributed by atoms with Crippen molar-refractivity contribution in [1.82, 2.24) is 10.2 Å². The number of hydrogen-bond donors (Lipinski definition) is 1. The van der Waals surface area contributed by atoms with Gasteiger partial charge in [0.2, 0.25) is 11.8 Å². The molecule has 8 nitrogen and oxygen atoms in total. The fraction of sp³-hybridized carbons (Fsp3) is 0.297. The Bertz CT molecular complexity index is 1770. The van der Waals surface area contributed by atoms with Crippen LogP contribution in [0.3, 0.4) is 0 Å². The van der Waals surface area contributed by atoms with E-state index in [1.807, 2.05) is 54.6 Å². The zero-order valence-corrected chi connectivity index (χ0v) is 29.9. The van der Waals surface area contributed by atoms with Crippen molar-refractivity contribution in [2.45, 2.75) is 62.0 Å². The van der Waals surface area contributed by atoms with Crippen LogP contribution >= 0.6 is 27.5 Å². The molecular formula is C37H39BrClN3O5S. The summed E-state index contributed by atoms with van der Waals surface area (Å²) in [4.78, 5) is 30.4. The number of hydrogen-bond acceptors (Lipinski definition) is 5. The summed E-state index contributed by atoms with van der Waals surface area (Å²) >= 11 is 9.64. The van der Waals surface area contributed by atoms with Gasteiger partial charge in [-0.05, 0) is 84.6 Å². The number of benzene rings is 4. The predicted octanol–water partition coefficient (Wildman–Crippen LogP) is 7.40. The molecule has 1 atom stereocenters. The third-order valence-electron chi connectivity index (χ3n) is 8.53. The summed E-state index contributed by atoms with van der Waals surface area (Å²) < 4.78 is 35.6. The molecule has 48 heavy (non-hydrogen) atoms. The van der Waals surface area contributed by atoms with Crippen molar-refractivity contribution in [3.63, 3.8) is 0 Å². The van der Waals surface area contributed by atoms with E-state index in [-0.39, 0.29) is 35.5 Å². The predicted molar refractivity (Wildman–Crippen MR) is 193 cm³/mol. The second-order valence-corrected chi connectivity index (χ2v) is 15.1. The van der Waals surface area contributed by atoms with Crippen LogP contribution in [0.1, 0.15) is 43.2 Å². The van der Waals surface area contributed by atoms with Crippen molar-refractivity contribution in [2.24, 2.45) is 0 Å². The molecule has 0 aliphatic heterocycles. The van der Waals surface area contributed by atoms with E-state index in [2.05, 4.69) is 21.2 Å². The molecule has 5 rings (SSSR count). The zero-order valence-electron chi connectivity index (χ0n) is 26.7. The van der Waals surface area contributed by atoms with Gasteiger partial charge in [0, 0.05) is 28.5 Å². The fourth-order valence-electron chi connectivity index (χ4n) is 5.90. The Morgan fingerprint density at radius 2 is 1.52 bits per heavy atom. The number of ether oxygens (including phenoxy) is 1. The van der Waals surface area contributed by atoms with Crippen molar-refractivity contribution in [3.05, 3.63) is 124 Å². The molecule has 1 aliphatic carbocycles. The second kappa shape index (κ2) is 16.5. The van der Waals surface area contributed by atoms with Gasteiger partial charge in [-0.1, -0.05) is 89.3 Å². The molecular weight excluding hydrogens is 714 g/mol. The number of carbonyl (C=O) groups is 2. The molecule has 0 saturated heterocycles. The Morgan fingerprint density at radius 3 is 2.15 bits per heavy atom. The van der Waals surface area contributed by atoms with Crippen LogP contribution < -0.4 is 14.4 Å². The van der Waals surface area contributed by atoms with E-state index < -0.39 is 28.5 Å². The number of rotatable bonds is 13. The van der Waals surface area contributed by atoms with Crippen LogP contribution in [0.5, 0.6) is 5.75 Å². The van der Waals surface area contributed by atoms with E-state index >= 15 is 0 Å². The van der Waals surface area contributed by atoms with Crippen molar-refractivity contribution >= 4 is 55.1 Å². The highest BCUT2D eigenvalue weighted by Gasteiger charge is 2.35. The Kier molecular flexibility index (Phi) is 12.2. The fourth-order valence-corrected chi connectivity index (χ4v) is 7.70.